The van der Waals surface area contributed by atoms with Gasteiger partial charge in [0.05, 0.1) is 13.2 Å². The Bertz CT molecular complexity index is 860. The van der Waals surface area contributed by atoms with E-state index in [1.807, 2.05) is 0 Å². The molecule has 2 atom stereocenters. The minimum Gasteiger partial charge on any atom is -0.491 e. The average Bonchev–Trinajstić information content (AvgIpc) is 3.69. The minimum absolute atomic E-state index is 0.267. The molecule has 0 aromatic heterocycles. The second kappa shape index (κ2) is 8.54. The Labute approximate surface area is 172 Å². The first-order valence-electron chi connectivity index (χ1n) is 9.89. The minimum atomic E-state index is -0.650. The van der Waals surface area contributed by atoms with Crippen LogP contribution >= 0.6 is 7.92 Å². The van der Waals surface area contributed by atoms with Gasteiger partial charge in [-0.1, -0.05) is 54.6 Å². The molecule has 2 aliphatic heterocycles. The summed E-state index contributed by atoms with van der Waals surface area (Å²) in [6.07, 6.45) is 0.534. The highest BCUT2D eigenvalue weighted by Crippen LogP contribution is 2.34. The van der Waals surface area contributed by atoms with Crippen LogP contribution in [-0.2, 0) is 9.47 Å². The third-order valence-electron chi connectivity index (χ3n) is 4.88. The molecule has 3 aromatic carbocycles. The summed E-state index contributed by atoms with van der Waals surface area (Å²) in [5, 5.41) is 3.91. The summed E-state index contributed by atoms with van der Waals surface area (Å²) in [4.78, 5) is 0. The molecule has 3 aromatic rings. The molecule has 0 radical (unpaired) electrons. The maximum absolute atomic E-state index is 5.80. The molecule has 2 fully saturated rings. The van der Waals surface area contributed by atoms with Gasteiger partial charge in [-0.3, -0.25) is 0 Å². The number of epoxide rings is 2. The number of hydrogen-bond donors (Lipinski definition) is 0. The van der Waals surface area contributed by atoms with Gasteiger partial charge in [-0.2, -0.15) is 0 Å². The second-order valence-electron chi connectivity index (χ2n) is 7.19. The first-order chi connectivity index (χ1) is 14.3. The zero-order chi connectivity index (χ0) is 19.5. The molecule has 2 unspecified atom stereocenters. The summed E-state index contributed by atoms with van der Waals surface area (Å²) >= 11 is 0. The highest BCUT2D eigenvalue weighted by Gasteiger charge is 2.24. The van der Waals surface area contributed by atoms with E-state index in [9.17, 15) is 0 Å². The molecule has 0 aliphatic carbocycles. The fourth-order valence-electron chi connectivity index (χ4n) is 3.11. The molecular weight excluding hydrogens is 383 g/mol. The van der Waals surface area contributed by atoms with Gasteiger partial charge in [-0.05, 0) is 48.1 Å². The Kier molecular flexibility index (Phi) is 5.49. The van der Waals surface area contributed by atoms with Crippen molar-refractivity contribution in [3.63, 3.8) is 0 Å². The molecule has 0 saturated carbocycles. The number of rotatable bonds is 9. The summed E-state index contributed by atoms with van der Waals surface area (Å²) in [5.41, 5.74) is 0. The van der Waals surface area contributed by atoms with E-state index in [1.54, 1.807) is 0 Å². The Morgan fingerprint density at radius 2 is 1.03 bits per heavy atom. The van der Waals surface area contributed by atoms with Crippen LogP contribution in [0.15, 0.2) is 78.9 Å². The van der Waals surface area contributed by atoms with Crippen LogP contribution in [0.2, 0.25) is 0 Å². The van der Waals surface area contributed by atoms with E-state index < -0.39 is 7.92 Å². The normalized spacial score (nSPS) is 20.7. The first kappa shape index (κ1) is 18.6. The summed E-state index contributed by atoms with van der Waals surface area (Å²) in [5.74, 6) is 1.77. The van der Waals surface area contributed by atoms with Gasteiger partial charge in [-0.15, -0.1) is 0 Å². The van der Waals surface area contributed by atoms with Gasteiger partial charge < -0.3 is 18.9 Å². The molecule has 2 heterocycles. The van der Waals surface area contributed by atoms with E-state index in [0.717, 1.165) is 24.7 Å². The van der Waals surface area contributed by atoms with Crippen molar-refractivity contribution in [1.82, 2.24) is 0 Å². The van der Waals surface area contributed by atoms with Gasteiger partial charge >= 0.3 is 0 Å². The number of benzene rings is 3. The Morgan fingerprint density at radius 3 is 1.45 bits per heavy atom. The van der Waals surface area contributed by atoms with Crippen molar-refractivity contribution in [1.29, 1.82) is 0 Å². The molecule has 0 N–H and O–H groups in total. The zero-order valence-electron chi connectivity index (χ0n) is 16.1. The molecule has 5 rings (SSSR count). The largest absolute Gasteiger partial charge is 0.491 e. The molecule has 148 valence electrons. The number of ether oxygens (including phenoxy) is 4. The third kappa shape index (κ3) is 4.97. The molecule has 29 heavy (non-hydrogen) atoms. The summed E-state index contributed by atoms with van der Waals surface area (Å²) < 4.78 is 22.0. The SMILES string of the molecule is c1ccc(P(c2ccc(OCC3CO3)cc2)c2ccc(OCC3CO3)cc2)cc1. The Hall–Kier alpha value is -2.39. The molecular formula is C24H23O4P. The average molecular weight is 406 g/mol. The van der Waals surface area contributed by atoms with Gasteiger partial charge in [0.1, 0.15) is 36.9 Å². The molecule has 0 bridgehead atoms. The lowest BCUT2D eigenvalue weighted by Crippen LogP contribution is -2.20. The zero-order valence-corrected chi connectivity index (χ0v) is 17.0. The van der Waals surface area contributed by atoms with Crippen molar-refractivity contribution in [3.8, 4) is 11.5 Å². The van der Waals surface area contributed by atoms with Crippen molar-refractivity contribution in [2.45, 2.75) is 12.2 Å². The van der Waals surface area contributed by atoms with Crippen LogP contribution < -0.4 is 25.4 Å². The molecule has 5 heteroatoms. The standard InChI is InChI=1S/C24H23O4P/c1-2-4-22(5-3-1)29(23-10-6-18(7-11-23)25-14-20-16-27-20)24-12-8-19(9-13-24)26-15-21-17-28-21/h1-13,20-21H,14-17H2. The van der Waals surface area contributed by atoms with Crippen molar-refractivity contribution in [2.75, 3.05) is 26.4 Å². The second-order valence-corrected chi connectivity index (χ2v) is 9.41. The topological polar surface area (TPSA) is 43.5 Å². The quantitative estimate of drug-likeness (QED) is 0.405. The van der Waals surface area contributed by atoms with Crippen LogP contribution in [0.5, 0.6) is 11.5 Å². The van der Waals surface area contributed by atoms with Gasteiger partial charge in [-0.25, -0.2) is 0 Å². The summed E-state index contributed by atoms with van der Waals surface area (Å²) in [7, 11) is -0.650. The van der Waals surface area contributed by atoms with Crippen molar-refractivity contribution in [3.05, 3.63) is 78.9 Å². The molecule has 4 nitrogen and oxygen atoms in total. The van der Waals surface area contributed by atoms with Crippen molar-refractivity contribution >= 4 is 23.8 Å². The fraction of sp³-hybridized carbons (Fsp3) is 0.250. The van der Waals surface area contributed by atoms with Crippen LogP contribution in [0.25, 0.3) is 0 Å². The molecule has 2 saturated heterocycles. The highest BCUT2D eigenvalue weighted by atomic mass is 31.1. The predicted molar refractivity (Wildman–Crippen MR) is 116 cm³/mol. The van der Waals surface area contributed by atoms with Crippen molar-refractivity contribution in [2.24, 2.45) is 0 Å². The smallest absolute Gasteiger partial charge is 0.119 e. The van der Waals surface area contributed by atoms with E-state index in [1.165, 1.54) is 15.9 Å². The number of hydrogen-bond acceptors (Lipinski definition) is 4. The van der Waals surface area contributed by atoms with Gasteiger partial charge in [0.15, 0.2) is 0 Å². The molecule has 0 spiro atoms. The lowest BCUT2D eigenvalue weighted by molar-refractivity contribution is 0.263. The first-order valence-corrected chi connectivity index (χ1v) is 11.2. The van der Waals surface area contributed by atoms with Crippen LogP contribution in [-0.4, -0.2) is 38.6 Å². The van der Waals surface area contributed by atoms with E-state index in [-0.39, 0.29) is 12.2 Å². The monoisotopic (exact) mass is 406 g/mol. The van der Waals surface area contributed by atoms with Crippen LogP contribution in [0.4, 0.5) is 0 Å². The van der Waals surface area contributed by atoms with Gasteiger partial charge in [0, 0.05) is 0 Å². The lowest BCUT2D eigenvalue weighted by Gasteiger charge is -2.20. The third-order valence-corrected chi connectivity index (χ3v) is 7.32. The fourth-order valence-corrected chi connectivity index (χ4v) is 5.37. The van der Waals surface area contributed by atoms with Gasteiger partial charge in [0.25, 0.3) is 0 Å². The Morgan fingerprint density at radius 1 is 0.621 bits per heavy atom. The molecule has 2 aliphatic rings. The van der Waals surface area contributed by atoms with Crippen LogP contribution in [0.1, 0.15) is 0 Å². The van der Waals surface area contributed by atoms with Crippen LogP contribution in [0.3, 0.4) is 0 Å². The van der Waals surface area contributed by atoms with E-state index >= 15 is 0 Å². The maximum Gasteiger partial charge on any atom is 0.119 e. The van der Waals surface area contributed by atoms with Gasteiger partial charge in [0.2, 0.25) is 0 Å². The van der Waals surface area contributed by atoms with E-state index in [0.29, 0.717) is 13.2 Å². The van der Waals surface area contributed by atoms with E-state index in [4.69, 9.17) is 18.9 Å². The summed E-state index contributed by atoms with van der Waals surface area (Å²) in [6.45, 7) is 2.87. The highest BCUT2D eigenvalue weighted by molar-refractivity contribution is 7.79. The lowest BCUT2D eigenvalue weighted by atomic mass is 10.3. The summed E-state index contributed by atoms with van der Waals surface area (Å²) in [6, 6.07) is 27.6. The Balaban J connectivity index is 1.37. The molecule has 0 amide bonds. The van der Waals surface area contributed by atoms with Crippen molar-refractivity contribution < 1.29 is 18.9 Å². The van der Waals surface area contributed by atoms with E-state index in [2.05, 4.69) is 78.9 Å². The predicted octanol–water partition coefficient (Wildman–Crippen LogP) is 3.00. The van der Waals surface area contributed by atoms with Crippen LogP contribution in [0, 0.1) is 0 Å². The maximum atomic E-state index is 5.80.